The number of nitrogens with zero attached hydrogens (tertiary/aromatic N) is 3. The second kappa shape index (κ2) is 6.99. The van der Waals surface area contributed by atoms with Gasteiger partial charge in [-0.05, 0) is 19.8 Å². The Labute approximate surface area is 124 Å². The summed E-state index contributed by atoms with van der Waals surface area (Å²) in [6.07, 6.45) is 6.39. The van der Waals surface area contributed by atoms with E-state index >= 15 is 0 Å². The molecule has 0 spiro atoms. The summed E-state index contributed by atoms with van der Waals surface area (Å²) in [7, 11) is 0. The Kier molecular flexibility index (Phi) is 5.31. The minimum absolute atomic E-state index is 0.0233. The van der Waals surface area contributed by atoms with Crippen molar-refractivity contribution in [1.82, 2.24) is 9.97 Å². The van der Waals surface area contributed by atoms with Gasteiger partial charge in [0.05, 0.1) is 12.2 Å². The average molecular weight is 298 g/mol. The molecule has 5 nitrogen and oxygen atoms in total. The first-order valence-electron chi connectivity index (χ1n) is 7.04. The Morgan fingerprint density at radius 2 is 2.05 bits per heavy atom. The number of carbonyl (C=O) groups excluding carboxylic acids is 1. The van der Waals surface area contributed by atoms with Crippen LogP contribution < -0.4 is 4.90 Å². The van der Waals surface area contributed by atoms with E-state index in [1.54, 1.807) is 6.92 Å². The number of aliphatic hydroxyl groups is 1. The molecule has 0 bridgehead atoms. The number of hydrogen-bond donors (Lipinski definition) is 1. The fraction of sp³-hybridized carbons (Fsp3) is 0.643. The van der Waals surface area contributed by atoms with Crippen molar-refractivity contribution in [3.05, 3.63) is 16.5 Å². The zero-order valence-corrected chi connectivity index (χ0v) is 12.4. The molecule has 1 heterocycles. The van der Waals surface area contributed by atoms with Crippen LogP contribution in [0, 0.1) is 6.92 Å². The van der Waals surface area contributed by atoms with Crippen LogP contribution in [0.1, 0.15) is 48.3 Å². The number of hydrogen-bond acceptors (Lipinski definition) is 5. The van der Waals surface area contributed by atoms with Gasteiger partial charge in [-0.15, -0.1) is 0 Å². The molecule has 0 saturated heterocycles. The number of halogens is 1. The lowest BCUT2D eigenvalue weighted by Crippen LogP contribution is -2.40. The maximum atomic E-state index is 11.3. The van der Waals surface area contributed by atoms with Crippen LogP contribution in [0.2, 0.25) is 5.15 Å². The third kappa shape index (κ3) is 3.27. The van der Waals surface area contributed by atoms with Gasteiger partial charge in [0, 0.05) is 12.6 Å². The van der Waals surface area contributed by atoms with Crippen molar-refractivity contribution in [2.45, 2.75) is 45.1 Å². The normalized spacial score (nSPS) is 16.1. The van der Waals surface area contributed by atoms with E-state index in [0.29, 0.717) is 36.1 Å². The van der Waals surface area contributed by atoms with Crippen LogP contribution in [0.15, 0.2) is 0 Å². The SMILES string of the molecule is Cc1nc(Cl)c(C=O)c(N(CCO)C2CCCCC2)n1. The van der Waals surface area contributed by atoms with E-state index in [4.69, 9.17) is 11.6 Å². The highest BCUT2D eigenvalue weighted by atomic mass is 35.5. The van der Waals surface area contributed by atoms with Gasteiger partial charge in [0.15, 0.2) is 6.29 Å². The zero-order valence-electron chi connectivity index (χ0n) is 11.7. The Morgan fingerprint density at radius 1 is 1.35 bits per heavy atom. The van der Waals surface area contributed by atoms with Crippen LogP contribution >= 0.6 is 11.6 Å². The van der Waals surface area contributed by atoms with Crippen LogP contribution in [0.4, 0.5) is 5.82 Å². The highest BCUT2D eigenvalue weighted by molar-refractivity contribution is 6.32. The zero-order chi connectivity index (χ0) is 14.5. The Bertz CT molecular complexity index is 476. The summed E-state index contributed by atoms with van der Waals surface area (Å²) in [5.41, 5.74) is 0.316. The molecule has 6 heteroatoms. The number of aryl methyl sites for hydroxylation is 1. The Hall–Kier alpha value is -1.20. The molecule has 0 atom stereocenters. The second-order valence-corrected chi connectivity index (χ2v) is 5.48. The van der Waals surface area contributed by atoms with Gasteiger partial charge in [-0.2, -0.15) is 0 Å². The summed E-state index contributed by atoms with van der Waals surface area (Å²) in [5.74, 6) is 1.09. The fourth-order valence-electron chi connectivity index (χ4n) is 2.82. The first-order chi connectivity index (χ1) is 9.67. The van der Waals surface area contributed by atoms with Crippen molar-refractivity contribution < 1.29 is 9.90 Å². The lowest BCUT2D eigenvalue weighted by atomic mass is 9.94. The monoisotopic (exact) mass is 297 g/mol. The molecule has 0 aliphatic heterocycles. The van der Waals surface area contributed by atoms with E-state index in [2.05, 4.69) is 9.97 Å². The number of rotatable bonds is 5. The summed E-state index contributed by atoms with van der Waals surface area (Å²) in [6, 6.07) is 0.306. The van der Waals surface area contributed by atoms with E-state index in [0.717, 1.165) is 12.8 Å². The first kappa shape index (κ1) is 15.2. The van der Waals surface area contributed by atoms with Crippen molar-refractivity contribution in [3.63, 3.8) is 0 Å². The van der Waals surface area contributed by atoms with Crippen LogP contribution in [0.25, 0.3) is 0 Å². The van der Waals surface area contributed by atoms with E-state index in [-0.39, 0.29) is 11.8 Å². The predicted molar refractivity (Wildman–Crippen MR) is 78.5 cm³/mol. The minimum Gasteiger partial charge on any atom is -0.395 e. The van der Waals surface area contributed by atoms with E-state index in [1.165, 1.54) is 19.3 Å². The Morgan fingerprint density at radius 3 is 2.65 bits per heavy atom. The van der Waals surface area contributed by atoms with E-state index in [9.17, 15) is 9.90 Å². The molecule has 20 heavy (non-hydrogen) atoms. The van der Waals surface area contributed by atoms with Crippen molar-refractivity contribution in [2.24, 2.45) is 0 Å². The van der Waals surface area contributed by atoms with Gasteiger partial charge < -0.3 is 10.0 Å². The van der Waals surface area contributed by atoms with Gasteiger partial charge in [-0.3, -0.25) is 4.79 Å². The molecular weight excluding hydrogens is 278 g/mol. The molecule has 1 fully saturated rings. The molecule has 0 unspecified atom stereocenters. The average Bonchev–Trinajstić information content (AvgIpc) is 2.45. The number of anilines is 1. The molecule has 1 N–H and O–H groups in total. The maximum absolute atomic E-state index is 11.3. The lowest BCUT2D eigenvalue weighted by molar-refractivity contribution is 0.112. The largest absolute Gasteiger partial charge is 0.395 e. The van der Waals surface area contributed by atoms with Gasteiger partial charge in [0.25, 0.3) is 0 Å². The maximum Gasteiger partial charge on any atom is 0.156 e. The number of aromatic nitrogens is 2. The Balaban J connectivity index is 2.39. The molecule has 0 radical (unpaired) electrons. The fourth-order valence-corrected chi connectivity index (χ4v) is 3.07. The van der Waals surface area contributed by atoms with Gasteiger partial charge >= 0.3 is 0 Å². The third-order valence-electron chi connectivity index (χ3n) is 3.74. The molecule has 1 aliphatic rings. The molecule has 0 aromatic carbocycles. The van der Waals surface area contributed by atoms with Crippen LogP contribution in [-0.2, 0) is 0 Å². The van der Waals surface area contributed by atoms with E-state index in [1.807, 2.05) is 4.90 Å². The third-order valence-corrected chi connectivity index (χ3v) is 4.03. The summed E-state index contributed by atoms with van der Waals surface area (Å²) in [5, 5.41) is 9.51. The standard InChI is InChI=1S/C14H20ClN3O2/c1-10-16-13(15)12(9-20)14(17-10)18(7-8-19)11-5-3-2-4-6-11/h9,11,19H,2-8H2,1H3. The molecule has 1 aromatic rings. The smallest absolute Gasteiger partial charge is 0.156 e. The van der Waals surface area contributed by atoms with Crippen LogP contribution in [-0.4, -0.2) is 40.6 Å². The predicted octanol–water partition coefficient (Wildman–Crippen LogP) is 2.38. The number of aldehydes is 1. The van der Waals surface area contributed by atoms with Crippen molar-refractivity contribution in [2.75, 3.05) is 18.1 Å². The van der Waals surface area contributed by atoms with Gasteiger partial charge in [-0.25, -0.2) is 9.97 Å². The first-order valence-corrected chi connectivity index (χ1v) is 7.42. The molecular formula is C14H20ClN3O2. The van der Waals surface area contributed by atoms with Crippen molar-refractivity contribution in [1.29, 1.82) is 0 Å². The summed E-state index contributed by atoms with van der Waals surface area (Å²) < 4.78 is 0. The van der Waals surface area contributed by atoms with Crippen LogP contribution in [0.3, 0.4) is 0 Å². The van der Waals surface area contributed by atoms with Gasteiger partial charge in [-0.1, -0.05) is 30.9 Å². The molecule has 110 valence electrons. The topological polar surface area (TPSA) is 66.3 Å². The minimum atomic E-state index is 0.0233. The number of aliphatic hydroxyl groups excluding tert-OH is 1. The molecule has 1 saturated carbocycles. The highest BCUT2D eigenvalue weighted by Gasteiger charge is 2.25. The quantitative estimate of drug-likeness (QED) is 0.668. The summed E-state index contributed by atoms with van der Waals surface area (Å²) in [6.45, 7) is 2.23. The van der Waals surface area contributed by atoms with Gasteiger partial charge in [0.2, 0.25) is 0 Å². The molecule has 0 amide bonds. The summed E-state index contributed by atoms with van der Waals surface area (Å²) >= 11 is 6.05. The van der Waals surface area contributed by atoms with Crippen LogP contribution in [0.5, 0.6) is 0 Å². The second-order valence-electron chi connectivity index (χ2n) is 5.13. The van der Waals surface area contributed by atoms with Crippen molar-refractivity contribution >= 4 is 23.7 Å². The molecule has 1 aromatic heterocycles. The molecule has 2 rings (SSSR count). The highest BCUT2D eigenvalue weighted by Crippen LogP contribution is 2.29. The summed E-state index contributed by atoms with van der Waals surface area (Å²) in [4.78, 5) is 21.7. The van der Waals surface area contributed by atoms with Gasteiger partial charge in [0.1, 0.15) is 16.8 Å². The molecule has 1 aliphatic carbocycles. The lowest BCUT2D eigenvalue weighted by Gasteiger charge is -2.35. The van der Waals surface area contributed by atoms with Crippen molar-refractivity contribution in [3.8, 4) is 0 Å². The van der Waals surface area contributed by atoms with E-state index < -0.39 is 0 Å². The number of carbonyl (C=O) groups is 1.